The smallest absolute Gasteiger partial charge is 0.0195 e. The van der Waals surface area contributed by atoms with Crippen LogP contribution in [0.25, 0.3) is 0 Å². The molecule has 2 nitrogen and oxygen atoms in total. The topological polar surface area (TPSA) is 15.3 Å². The van der Waals surface area contributed by atoms with Crippen molar-refractivity contribution in [3.8, 4) is 0 Å². The summed E-state index contributed by atoms with van der Waals surface area (Å²) in [6, 6.07) is 1.49. The van der Waals surface area contributed by atoms with Gasteiger partial charge in [-0.05, 0) is 51.1 Å². The van der Waals surface area contributed by atoms with Gasteiger partial charge in [-0.3, -0.25) is 0 Å². The average molecular weight is 254 g/mol. The van der Waals surface area contributed by atoms with Crippen LogP contribution in [-0.4, -0.2) is 37.1 Å². The Hall–Kier alpha value is -0.0800. The zero-order valence-corrected chi connectivity index (χ0v) is 13.2. The zero-order chi connectivity index (χ0) is 13.5. The van der Waals surface area contributed by atoms with E-state index in [0.29, 0.717) is 0 Å². The molecular weight excluding hydrogens is 220 g/mol. The molecular formula is C16H34N2. The van der Waals surface area contributed by atoms with E-state index in [1.807, 2.05) is 0 Å². The van der Waals surface area contributed by atoms with Crippen LogP contribution in [0.3, 0.4) is 0 Å². The van der Waals surface area contributed by atoms with Gasteiger partial charge in [0, 0.05) is 18.6 Å². The third-order valence-corrected chi connectivity index (χ3v) is 4.03. The van der Waals surface area contributed by atoms with Gasteiger partial charge in [-0.1, -0.05) is 34.1 Å². The van der Waals surface area contributed by atoms with E-state index in [9.17, 15) is 0 Å². The van der Waals surface area contributed by atoms with Gasteiger partial charge in [-0.15, -0.1) is 0 Å². The normalized spacial score (nSPS) is 21.5. The van der Waals surface area contributed by atoms with Gasteiger partial charge in [0.1, 0.15) is 0 Å². The Labute approximate surface area is 115 Å². The van der Waals surface area contributed by atoms with Crippen LogP contribution in [0.2, 0.25) is 0 Å². The summed E-state index contributed by atoms with van der Waals surface area (Å²) in [7, 11) is 2.33. The first-order valence-corrected chi connectivity index (χ1v) is 7.92. The van der Waals surface area contributed by atoms with Crippen LogP contribution in [0.5, 0.6) is 0 Å². The Morgan fingerprint density at radius 3 is 2.11 bits per heavy atom. The molecule has 0 aromatic carbocycles. The molecule has 0 aliphatic carbocycles. The minimum absolute atomic E-state index is 0.727. The maximum atomic E-state index is 3.67. The number of nitrogens with zero attached hydrogens (tertiary/aromatic N) is 1. The highest BCUT2D eigenvalue weighted by Gasteiger charge is 2.21. The Balaban J connectivity index is 2.43. The lowest BCUT2D eigenvalue weighted by Crippen LogP contribution is -2.46. The van der Waals surface area contributed by atoms with Crippen molar-refractivity contribution in [2.24, 2.45) is 11.8 Å². The average Bonchev–Trinajstić information content (AvgIpc) is 2.28. The Morgan fingerprint density at radius 1 is 1.06 bits per heavy atom. The second-order valence-electron chi connectivity index (χ2n) is 7.00. The molecule has 1 unspecified atom stereocenters. The van der Waals surface area contributed by atoms with Gasteiger partial charge in [0.05, 0.1) is 0 Å². The van der Waals surface area contributed by atoms with E-state index in [-0.39, 0.29) is 0 Å². The molecule has 1 saturated heterocycles. The molecule has 0 aromatic rings. The summed E-state index contributed by atoms with van der Waals surface area (Å²) in [5.41, 5.74) is 0. The number of hydrogen-bond donors (Lipinski definition) is 1. The first-order valence-electron chi connectivity index (χ1n) is 7.92. The third-order valence-electron chi connectivity index (χ3n) is 4.03. The van der Waals surface area contributed by atoms with Gasteiger partial charge in [0.2, 0.25) is 0 Å². The van der Waals surface area contributed by atoms with Crippen molar-refractivity contribution in [3.05, 3.63) is 0 Å². The third kappa shape index (κ3) is 6.19. The van der Waals surface area contributed by atoms with E-state index in [1.54, 1.807) is 0 Å². The van der Waals surface area contributed by atoms with Crippen LogP contribution < -0.4 is 5.32 Å². The first-order chi connectivity index (χ1) is 8.49. The predicted molar refractivity (Wildman–Crippen MR) is 81.0 cm³/mol. The summed E-state index contributed by atoms with van der Waals surface area (Å²) in [5, 5.41) is 3.67. The van der Waals surface area contributed by atoms with E-state index in [2.05, 4.69) is 45.0 Å². The van der Waals surface area contributed by atoms with E-state index in [4.69, 9.17) is 0 Å². The SMILES string of the molecule is CC(C)CC(CC(C)C)N(C)CC1CCCCN1. The van der Waals surface area contributed by atoms with E-state index >= 15 is 0 Å². The van der Waals surface area contributed by atoms with Crippen molar-refractivity contribution in [2.75, 3.05) is 20.1 Å². The van der Waals surface area contributed by atoms with Gasteiger partial charge < -0.3 is 10.2 Å². The molecule has 1 aliphatic rings. The summed E-state index contributed by atoms with van der Waals surface area (Å²) in [4.78, 5) is 2.61. The van der Waals surface area contributed by atoms with Crippen molar-refractivity contribution in [1.82, 2.24) is 10.2 Å². The molecule has 0 radical (unpaired) electrons. The fourth-order valence-corrected chi connectivity index (χ4v) is 3.12. The highest BCUT2D eigenvalue weighted by atomic mass is 15.2. The van der Waals surface area contributed by atoms with Crippen LogP contribution in [0.15, 0.2) is 0 Å². The number of piperidine rings is 1. The zero-order valence-electron chi connectivity index (χ0n) is 13.2. The minimum atomic E-state index is 0.727. The molecule has 0 aromatic heterocycles. The molecule has 1 aliphatic heterocycles. The first kappa shape index (κ1) is 16.0. The Morgan fingerprint density at radius 2 is 1.67 bits per heavy atom. The molecule has 18 heavy (non-hydrogen) atoms. The lowest BCUT2D eigenvalue weighted by Gasteiger charge is -2.35. The van der Waals surface area contributed by atoms with E-state index in [0.717, 1.165) is 23.9 Å². The molecule has 1 N–H and O–H groups in total. The summed E-state index contributed by atoms with van der Waals surface area (Å²) in [5.74, 6) is 1.60. The van der Waals surface area contributed by atoms with E-state index < -0.39 is 0 Å². The summed E-state index contributed by atoms with van der Waals surface area (Å²) >= 11 is 0. The molecule has 1 heterocycles. The fourth-order valence-electron chi connectivity index (χ4n) is 3.12. The molecule has 0 spiro atoms. The lowest BCUT2D eigenvalue weighted by molar-refractivity contribution is 0.161. The van der Waals surface area contributed by atoms with Crippen LogP contribution >= 0.6 is 0 Å². The van der Waals surface area contributed by atoms with Gasteiger partial charge in [-0.2, -0.15) is 0 Å². The molecule has 0 amide bonds. The molecule has 1 rings (SSSR count). The van der Waals surface area contributed by atoms with Gasteiger partial charge in [-0.25, -0.2) is 0 Å². The highest BCUT2D eigenvalue weighted by molar-refractivity contribution is 4.79. The lowest BCUT2D eigenvalue weighted by atomic mass is 9.94. The number of likely N-dealkylation sites (N-methyl/N-ethyl adjacent to an activating group) is 1. The van der Waals surface area contributed by atoms with Crippen LogP contribution in [0, 0.1) is 11.8 Å². The van der Waals surface area contributed by atoms with Crippen molar-refractivity contribution >= 4 is 0 Å². The van der Waals surface area contributed by atoms with Crippen LogP contribution in [0.4, 0.5) is 0 Å². The Bertz CT molecular complexity index is 197. The van der Waals surface area contributed by atoms with Crippen LogP contribution in [0.1, 0.15) is 59.8 Å². The molecule has 1 fully saturated rings. The molecule has 0 saturated carbocycles. The summed E-state index contributed by atoms with van der Waals surface area (Å²) in [6.45, 7) is 11.8. The number of nitrogens with one attached hydrogen (secondary N) is 1. The van der Waals surface area contributed by atoms with Crippen molar-refractivity contribution in [3.63, 3.8) is 0 Å². The minimum Gasteiger partial charge on any atom is -0.313 e. The second-order valence-corrected chi connectivity index (χ2v) is 7.00. The number of rotatable bonds is 7. The molecule has 1 atom stereocenters. The van der Waals surface area contributed by atoms with E-state index in [1.165, 1.54) is 45.2 Å². The molecule has 108 valence electrons. The summed E-state index contributed by atoms with van der Waals surface area (Å²) < 4.78 is 0. The second kappa shape index (κ2) is 8.16. The molecule has 2 heteroatoms. The molecule has 0 bridgehead atoms. The van der Waals surface area contributed by atoms with Gasteiger partial charge in [0.15, 0.2) is 0 Å². The quantitative estimate of drug-likeness (QED) is 0.748. The maximum absolute atomic E-state index is 3.67. The largest absolute Gasteiger partial charge is 0.313 e. The van der Waals surface area contributed by atoms with Crippen molar-refractivity contribution in [1.29, 1.82) is 0 Å². The van der Waals surface area contributed by atoms with Gasteiger partial charge in [0.25, 0.3) is 0 Å². The van der Waals surface area contributed by atoms with Crippen LogP contribution in [-0.2, 0) is 0 Å². The Kier molecular flexibility index (Phi) is 7.25. The fraction of sp³-hybridized carbons (Fsp3) is 1.00. The van der Waals surface area contributed by atoms with Crippen molar-refractivity contribution < 1.29 is 0 Å². The standard InChI is InChI=1S/C16H34N2/c1-13(2)10-16(11-14(3)4)18(5)12-15-8-6-7-9-17-15/h13-17H,6-12H2,1-5H3. The maximum Gasteiger partial charge on any atom is 0.0195 e. The van der Waals surface area contributed by atoms with Crippen molar-refractivity contribution in [2.45, 2.75) is 71.9 Å². The highest BCUT2D eigenvalue weighted by Crippen LogP contribution is 2.19. The number of hydrogen-bond acceptors (Lipinski definition) is 2. The predicted octanol–water partition coefficient (Wildman–Crippen LogP) is 3.52. The monoisotopic (exact) mass is 254 g/mol. The van der Waals surface area contributed by atoms with Gasteiger partial charge >= 0.3 is 0 Å². The summed E-state index contributed by atoms with van der Waals surface area (Å²) in [6.07, 6.45) is 6.80.